The summed E-state index contributed by atoms with van der Waals surface area (Å²) < 4.78 is 0. The maximum absolute atomic E-state index is 2.70. The van der Waals surface area contributed by atoms with E-state index in [2.05, 4.69) is 25.7 Å². The van der Waals surface area contributed by atoms with Crippen molar-refractivity contribution in [3.05, 3.63) is 0 Å². The van der Waals surface area contributed by atoms with Crippen molar-refractivity contribution in [3.63, 3.8) is 0 Å². The highest BCUT2D eigenvalue weighted by molar-refractivity contribution is 4.74. The first-order chi connectivity index (χ1) is 6.24. The van der Waals surface area contributed by atoms with Crippen molar-refractivity contribution in [2.45, 2.75) is 58.9 Å². The molecule has 1 aliphatic rings. The first kappa shape index (κ1) is 11.0. The van der Waals surface area contributed by atoms with E-state index in [0.717, 1.165) is 12.0 Å². The lowest BCUT2D eigenvalue weighted by atomic mass is 10.1. The quantitative estimate of drug-likeness (QED) is 0.649. The molecule has 0 amide bonds. The minimum absolute atomic E-state index is 0.830. The largest absolute Gasteiger partial charge is 0.300 e. The van der Waals surface area contributed by atoms with Gasteiger partial charge in [0.05, 0.1) is 0 Å². The highest BCUT2D eigenvalue weighted by Crippen LogP contribution is 2.20. The summed E-state index contributed by atoms with van der Waals surface area (Å²) in [4.78, 5) is 2.70. The van der Waals surface area contributed by atoms with Gasteiger partial charge < -0.3 is 4.90 Å². The Morgan fingerprint density at radius 3 is 2.69 bits per heavy atom. The summed E-state index contributed by atoms with van der Waals surface area (Å²) in [7, 11) is 0. The van der Waals surface area contributed by atoms with Crippen molar-refractivity contribution in [1.82, 2.24) is 4.90 Å². The van der Waals surface area contributed by atoms with Gasteiger partial charge in [-0.15, -0.1) is 0 Å². The summed E-state index contributed by atoms with van der Waals surface area (Å²) in [5.74, 6) is 0.918. The molecular formula is C12H25N. The Balaban J connectivity index is 2.37. The van der Waals surface area contributed by atoms with E-state index in [4.69, 9.17) is 0 Å². The van der Waals surface area contributed by atoms with Gasteiger partial charge in [0, 0.05) is 12.6 Å². The molecule has 0 radical (unpaired) electrons. The van der Waals surface area contributed by atoms with Crippen molar-refractivity contribution >= 4 is 0 Å². The van der Waals surface area contributed by atoms with Gasteiger partial charge in [-0.3, -0.25) is 0 Å². The van der Waals surface area contributed by atoms with Crippen LogP contribution in [0.1, 0.15) is 52.9 Å². The van der Waals surface area contributed by atoms with Crippen molar-refractivity contribution < 1.29 is 0 Å². The van der Waals surface area contributed by atoms with Gasteiger partial charge in [0.1, 0.15) is 0 Å². The Bertz CT molecular complexity index is 133. The van der Waals surface area contributed by atoms with Gasteiger partial charge >= 0.3 is 0 Å². The first-order valence-electron chi connectivity index (χ1n) is 5.98. The van der Waals surface area contributed by atoms with E-state index in [9.17, 15) is 0 Å². The molecule has 0 bridgehead atoms. The van der Waals surface area contributed by atoms with Crippen LogP contribution in [0.3, 0.4) is 0 Å². The molecule has 0 aliphatic carbocycles. The molecule has 13 heavy (non-hydrogen) atoms. The second-order valence-corrected chi connectivity index (χ2v) is 4.73. The highest BCUT2D eigenvalue weighted by Gasteiger charge is 2.19. The standard InChI is InChI=1S/C12H25N/c1-4-5-9-13-10-11(2)7-6-8-12(13)3/h11-12H,4-10H2,1-3H3. The van der Waals surface area contributed by atoms with Crippen molar-refractivity contribution in [2.75, 3.05) is 13.1 Å². The molecule has 1 saturated heterocycles. The van der Waals surface area contributed by atoms with Crippen LogP contribution in [0.25, 0.3) is 0 Å². The number of rotatable bonds is 3. The summed E-state index contributed by atoms with van der Waals surface area (Å²) in [5.41, 5.74) is 0. The number of hydrogen-bond donors (Lipinski definition) is 0. The van der Waals surface area contributed by atoms with Crippen LogP contribution >= 0.6 is 0 Å². The molecule has 1 aliphatic heterocycles. The molecule has 1 heteroatoms. The zero-order valence-corrected chi connectivity index (χ0v) is 9.55. The van der Waals surface area contributed by atoms with E-state index in [1.807, 2.05) is 0 Å². The lowest BCUT2D eigenvalue weighted by Gasteiger charge is -2.28. The van der Waals surface area contributed by atoms with Crippen LogP contribution in [0.4, 0.5) is 0 Å². The third-order valence-electron chi connectivity index (χ3n) is 3.29. The highest BCUT2D eigenvalue weighted by atomic mass is 15.1. The summed E-state index contributed by atoms with van der Waals surface area (Å²) in [6, 6.07) is 0.830. The topological polar surface area (TPSA) is 3.24 Å². The molecule has 1 heterocycles. The van der Waals surface area contributed by atoms with Gasteiger partial charge in [-0.25, -0.2) is 0 Å². The second kappa shape index (κ2) is 5.64. The summed E-state index contributed by atoms with van der Waals surface area (Å²) in [5, 5.41) is 0. The van der Waals surface area contributed by atoms with Gasteiger partial charge in [0.25, 0.3) is 0 Å². The molecule has 2 unspecified atom stereocenters. The van der Waals surface area contributed by atoms with Gasteiger partial charge in [0.2, 0.25) is 0 Å². The van der Waals surface area contributed by atoms with E-state index in [0.29, 0.717) is 0 Å². The van der Waals surface area contributed by atoms with Crippen LogP contribution in [-0.2, 0) is 0 Å². The van der Waals surface area contributed by atoms with Crippen LogP contribution < -0.4 is 0 Å². The van der Waals surface area contributed by atoms with E-state index < -0.39 is 0 Å². The Kier molecular flexibility index (Phi) is 4.79. The van der Waals surface area contributed by atoms with Crippen molar-refractivity contribution in [2.24, 2.45) is 5.92 Å². The smallest absolute Gasteiger partial charge is 0.00670 e. The third-order valence-corrected chi connectivity index (χ3v) is 3.29. The molecule has 0 spiro atoms. The van der Waals surface area contributed by atoms with E-state index in [-0.39, 0.29) is 0 Å². The monoisotopic (exact) mass is 183 g/mol. The fourth-order valence-electron chi connectivity index (χ4n) is 2.29. The average molecular weight is 183 g/mol. The molecule has 78 valence electrons. The summed E-state index contributed by atoms with van der Waals surface area (Å²) in [6.07, 6.45) is 6.99. The molecule has 0 N–H and O–H groups in total. The van der Waals surface area contributed by atoms with Crippen LogP contribution in [0.5, 0.6) is 0 Å². The van der Waals surface area contributed by atoms with Crippen LogP contribution in [0.2, 0.25) is 0 Å². The lowest BCUT2D eigenvalue weighted by Crippen LogP contribution is -2.35. The number of hydrogen-bond acceptors (Lipinski definition) is 1. The Morgan fingerprint density at radius 1 is 1.23 bits per heavy atom. The van der Waals surface area contributed by atoms with E-state index in [1.54, 1.807) is 0 Å². The first-order valence-corrected chi connectivity index (χ1v) is 5.98. The fourth-order valence-corrected chi connectivity index (χ4v) is 2.29. The molecule has 1 rings (SSSR count). The third kappa shape index (κ3) is 3.68. The minimum atomic E-state index is 0.830. The van der Waals surface area contributed by atoms with Crippen molar-refractivity contribution in [1.29, 1.82) is 0 Å². The minimum Gasteiger partial charge on any atom is -0.300 e. The van der Waals surface area contributed by atoms with Gasteiger partial charge in [-0.1, -0.05) is 26.7 Å². The predicted molar refractivity (Wildman–Crippen MR) is 59.0 cm³/mol. The van der Waals surface area contributed by atoms with Crippen molar-refractivity contribution in [3.8, 4) is 0 Å². The molecule has 0 aromatic rings. The number of likely N-dealkylation sites (tertiary alicyclic amines) is 1. The Hall–Kier alpha value is -0.0400. The maximum Gasteiger partial charge on any atom is 0.00670 e. The van der Waals surface area contributed by atoms with Crippen LogP contribution in [0.15, 0.2) is 0 Å². The molecular weight excluding hydrogens is 158 g/mol. The number of unbranched alkanes of at least 4 members (excludes halogenated alkanes) is 1. The van der Waals surface area contributed by atoms with E-state index >= 15 is 0 Å². The Morgan fingerprint density at radius 2 is 2.00 bits per heavy atom. The van der Waals surface area contributed by atoms with Gasteiger partial charge in [-0.2, -0.15) is 0 Å². The normalized spacial score (nSPS) is 31.6. The van der Waals surface area contributed by atoms with Crippen LogP contribution in [-0.4, -0.2) is 24.0 Å². The van der Waals surface area contributed by atoms with Gasteiger partial charge in [-0.05, 0) is 38.6 Å². The number of nitrogens with zero attached hydrogens (tertiary/aromatic N) is 1. The second-order valence-electron chi connectivity index (χ2n) is 4.73. The molecule has 1 nitrogen and oxygen atoms in total. The fraction of sp³-hybridized carbons (Fsp3) is 1.00. The molecule has 0 saturated carbocycles. The molecule has 0 aromatic carbocycles. The maximum atomic E-state index is 2.70. The zero-order chi connectivity index (χ0) is 9.68. The predicted octanol–water partition coefficient (Wildman–Crippen LogP) is 3.30. The molecule has 0 aromatic heterocycles. The van der Waals surface area contributed by atoms with E-state index in [1.165, 1.54) is 45.2 Å². The SMILES string of the molecule is CCCCN1CC(C)CCCC1C. The summed E-state index contributed by atoms with van der Waals surface area (Å²) in [6.45, 7) is 9.74. The molecule has 2 atom stereocenters. The Labute approximate surface area is 83.5 Å². The summed E-state index contributed by atoms with van der Waals surface area (Å²) >= 11 is 0. The van der Waals surface area contributed by atoms with Crippen LogP contribution in [0, 0.1) is 5.92 Å². The lowest BCUT2D eigenvalue weighted by molar-refractivity contribution is 0.192. The average Bonchev–Trinajstić information content (AvgIpc) is 2.25. The zero-order valence-electron chi connectivity index (χ0n) is 9.55. The molecule has 1 fully saturated rings. The van der Waals surface area contributed by atoms with Gasteiger partial charge in [0.15, 0.2) is 0 Å².